The van der Waals surface area contributed by atoms with E-state index in [0.717, 1.165) is 32.1 Å². The predicted molar refractivity (Wildman–Crippen MR) is 133 cm³/mol. The summed E-state index contributed by atoms with van der Waals surface area (Å²) < 4.78 is 11.8. The summed E-state index contributed by atoms with van der Waals surface area (Å²) in [5.74, 6) is 0.403. The molecule has 4 aliphatic carbocycles. The molecule has 0 aliphatic heterocycles. The lowest BCUT2D eigenvalue weighted by Gasteiger charge is -2.56. The lowest BCUT2D eigenvalue weighted by atomic mass is 9.49. The molecular weight excluding hydrogens is 428 g/mol. The van der Waals surface area contributed by atoms with Crippen LogP contribution < -0.4 is 0 Å². The van der Waals surface area contributed by atoms with E-state index in [1.165, 1.54) is 16.7 Å². The van der Waals surface area contributed by atoms with Crippen LogP contribution in [0.4, 0.5) is 0 Å². The van der Waals surface area contributed by atoms with Crippen molar-refractivity contribution >= 4 is 5.97 Å². The van der Waals surface area contributed by atoms with Gasteiger partial charge in [-0.1, -0.05) is 57.1 Å². The van der Waals surface area contributed by atoms with Crippen LogP contribution in [0.1, 0.15) is 86.5 Å². The molecule has 0 radical (unpaired) electrons. The van der Waals surface area contributed by atoms with Gasteiger partial charge in [-0.3, -0.25) is 0 Å². The first-order chi connectivity index (χ1) is 16.0. The van der Waals surface area contributed by atoms with Gasteiger partial charge < -0.3 is 19.7 Å². The van der Waals surface area contributed by atoms with Crippen LogP contribution in [-0.2, 0) is 14.3 Å². The van der Waals surface area contributed by atoms with Crippen molar-refractivity contribution in [1.82, 2.24) is 0 Å². The topological polar surface area (TPSA) is 76.0 Å². The summed E-state index contributed by atoms with van der Waals surface area (Å²) in [7, 11) is 0. The lowest BCUT2D eigenvalue weighted by molar-refractivity contribution is -0.165. The van der Waals surface area contributed by atoms with Crippen LogP contribution in [-0.4, -0.2) is 46.7 Å². The zero-order valence-electron chi connectivity index (χ0n) is 21.9. The molecule has 190 valence electrons. The number of esters is 1. The highest BCUT2D eigenvalue weighted by atomic mass is 16.6. The molecule has 0 bridgehead atoms. The van der Waals surface area contributed by atoms with Gasteiger partial charge in [-0.2, -0.15) is 0 Å². The first-order valence-corrected chi connectivity index (χ1v) is 13.3. The summed E-state index contributed by atoms with van der Waals surface area (Å²) in [6, 6.07) is 0. The van der Waals surface area contributed by atoms with Gasteiger partial charge in [0, 0.05) is 11.8 Å². The van der Waals surface area contributed by atoms with Crippen LogP contribution in [0.2, 0.25) is 0 Å². The van der Waals surface area contributed by atoms with E-state index in [2.05, 4.69) is 39.0 Å². The van der Waals surface area contributed by atoms with Gasteiger partial charge in [0.1, 0.15) is 12.2 Å². The van der Waals surface area contributed by atoms with Crippen molar-refractivity contribution in [2.45, 2.75) is 110 Å². The Kier molecular flexibility index (Phi) is 6.96. The highest BCUT2D eigenvalue weighted by Gasteiger charge is 2.57. The van der Waals surface area contributed by atoms with Crippen molar-refractivity contribution in [3.05, 3.63) is 34.9 Å². The van der Waals surface area contributed by atoms with E-state index in [1.807, 2.05) is 20.8 Å². The SMILES string of the molecule is CCC(C)(CC)OC(=O)CO[C@@H](C)C1=CCC2C3=CC=C4C[C@@H](O)C[C@H](O)[C@]4(C)C3CC[C@]12C. The van der Waals surface area contributed by atoms with Crippen molar-refractivity contribution < 1.29 is 24.5 Å². The van der Waals surface area contributed by atoms with Crippen LogP contribution in [0.25, 0.3) is 0 Å². The number of carbonyl (C=O) groups is 1. The van der Waals surface area contributed by atoms with Crippen molar-refractivity contribution in [1.29, 1.82) is 0 Å². The van der Waals surface area contributed by atoms with Crippen LogP contribution in [0.3, 0.4) is 0 Å². The van der Waals surface area contributed by atoms with Gasteiger partial charge in [-0.15, -0.1) is 0 Å². The molecule has 4 aliphatic rings. The normalized spacial score (nSPS) is 38.1. The summed E-state index contributed by atoms with van der Waals surface area (Å²) >= 11 is 0. The number of carbonyl (C=O) groups excluding carboxylic acids is 1. The Morgan fingerprint density at radius 1 is 1.21 bits per heavy atom. The van der Waals surface area contributed by atoms with Gasteiger partial charge in [0.15, 0.2) is 0 Å². The maximum atomic E-state index is 12.4. The van der Waals surface area contributed by atoms with Gasteiger partial charge in [-0.05, 0) is 75.2 Å². The van der Waals surface area contributed by atoms with Gasteiger partial charge in [0.2, 0.25) is 0 Å². The summed E-state index contributed by atoms with van der Waals surface area (Å²) in [4.78, 5) is 12.4. The quantitative estimate of drug-likeness (QED) is 0.390. The molecule has 0 aromatic rings. The molecule has 2 unspecified atom stereocenters. The Balaban J connectivity index is 1.47. The third kappa shape index (κ3) is 4.12. The summed E-state index contributed by atoms with van der Waals surface area (Å²) in [6.07, 6.45) is 11.4. The number of allylic oxidation sites excluding steroid dienone is 4. The summed E-state index contributed by atoms with van der Waals surface area (Å²) in [5, 5.41) is 21.3. The smallest absolute Gasteiger partial charge is 0.332 e. The maximum Gasteiger partial charge on any atom is 0.332 e. The van der Waals surface area contributed by atoms with E-state index in [0.29, 0.717) is 24.7 Å². The van der Waals surface area contributed by atoms with E-state index in [-0.39, 0.29) is 29.5 Å². The molecule has 2 N–H and O–H groups in total. The fraction of sp³-hybridized carbons (Fsp3) is 0.759. The van der Waals surface area contributed by atoms with E-state index >= 15 is 0 Å². The number of ether oxygens (including phenoxy) is 2. The fourth-order valence-electron chi connectivity index (χ4n) is 7.28. The standard InChI is InChI=1S/C29H44O5/c1-7-27(4,8-2)34-26(32)17-33-18(3)22-11-12-23-21-10-9-19-15-20(30)16-25(31)29(19,6)24(21)13-14-28(22,23)5/h9-11,18,20,23-25,30-31H,7-8,12-17H2,1-6H3/t18-,20+,23?,24?,25-,28+,29-/m0/s1. The average molecular weight is 473 g/mol. The lowest BCUT2D eigenvalue weighted by Crippen LogP contribution is -2.52. The van der Waals surface area contributed by atoms with Crippen LogP contribution in [0.5, 0.6) is 0 Å². The molecule has 34 heavy (non-hydrogen) atoms. The van der Waals surface area contributed by atoms with Crippen molar-refractivity contribution in [2.75, 3.05) is 6.61 Å². The monoisotopic (exact) mass is 472 g/mol. The Labute approximate surface area is 205 Å². The van der Waals surface area contributed by atoms with E-state index in [4.69, 9.17) is 9.47 Å². The van der Waals surface area contributed by atoms with E-state index in [9.17, 15) is 15.0 Å². The fourth-order valence-corrected chi connectivity index (χ4v) is 7.28. The molecule has 2 fully saturated rings. The second-order valence-corrected chi connectivity index (χ2v) is 11.8. The minimum atomic E-state index is -0.514. The molecule has 0 aromatic heterocycles. The Hall–Kier alpha value is -1.43. The molecule has 0 aromatic carbocycles. The van der Waals surface area contributed by atoms with Gasteiger partial charge in [-0.25, -0.2) is 4.79 Å². The highest BCUT2D eigenvalue weighted by molar-refractivity contribution is 5.71. The van der Waals surface area contributed by atoms with Gasteiger partial charge in [0.25, 0.3) is 0 Å². The number of aliphatic hydroxyl groups excluding tert-OH is 2. The second-order valence-electron chi connectivity index (χ2n) is 11.8. The van der Waals surface area contributed by atoms with Crippen molar-refractivity contribution in [3.63, 3.8) is 0 Å². The zero-order chi connectivity index (χ0) is 24.9. The molecule has 5 nitrogen and oxygen atoms in total. The molecule has 5 heteroatoms. The first kappa shape index (κ1) is 25.7. The third-order valence-corrected chi connectivity index (χ3v) is 10.0. The second kappa shape index (κ2) is 9.22. The van der Waals surface area contributed by atoms with Crippen LogP contribution >= 0.6 is 0 Å². The molecule has 7 atom stereocenters. The van der Waals surface area contributed by atoms with E-state index in [1.54, 1.807) is 0 Å². The van der Waals surface area contributed by atoms with Crippen molar-refractivity contribution in [2.24, 2.45) is 22.7 Å². The minimum Gasteiger partial charge on any atom is -0.458 e. The first-order valence-electron chi connectivity index (χ1n) is 13.3. The summed E-state index contributed by atoms with van der Waals surface area (Å²) in [5.41, 5.74) is 3.20. The molecule has 0 heterocycles. The van der Waals surface area contributed by atoms with Crippen LogP contribution in [0.15, 0.2) is 34.9 Å². The zero-order valence-corrected chi connectivity index (χ0v) is 21.9. The molecule has 0 spiro atoms. The van der Waals surface area contributed by atoms with Crippen molar-refractivity contribution in [3.8, 4) is 0 Å². The Bertz CT molecular complexity index is 896. The number of rotatable bonds is 7. The minimum absolute atomic E-state index is 0.00611. The Morgan fingerprint density at radius 2 is 1.91 bits per heavy atom. The third-order valence-electron chi connectivity index (χ3n) is 10.0. The largest absolute Gasteiger partial charge is 0.458 e. The molecular formula is C29H44O5. The Morgan fingerprint density at radius 3 is 2.59 bits per heavy atom. The predicted octanol–water partition coefficient (Wildman–Crippen LogP) is 5.26. The summed E-state index contributed by atoms with van der Waals surface area (Å²) in [6.45, 7) is 12.6. The molecule has 0 amide bonds. The number of hydrogen-bond donors (Lipinski definition) is 2. The number of hydrogen-bond acceptors (Lipinski definition) is 5. The van der Waals surface area contributed by atoms with Crippen LogP contribution in [0, 0.1) is 22.7 Å². The maximum absolute atomic E-state index is 12.4. The highest BCUT2D eigenvalue weighted by Crippen LogP contribution is 2.64. The molecule has 4 rings (SSSR count). The van der Waals surface area contributed by atoms with Gasteiger partial charge >= 0.3 is 5.97 Å². The molecule has 2 saturated carbocycles. The van der Waals surface area contributed by atoms with E-state index < -0.39 is 17.8 Å². The van der Waals surface area contributed by atoms with Gasteiger partial charge in [0.05, 0.1) is 18.3 Å². The number of fused-ring (bicyclic) bond motifs is 5. The average Bonchev–Trinajstić information content (AvgIpc) is 3.15. The number of aliphatic hydroxyl groups is 2. The molecule has 0 saturated heterocycles.